The zero-order valence-corrected chi connectivity index (χ0v) is 19.4. The van der Waals surface area contributed by atoms with Crippen LogP contribution in [0.3, 0.4) is 0 Å². The molecule has 2 aliphatic rings. The minimum absolute atomic E-state index is 0.198. The Morgan fingerprint density at radius 3 is 2.74 bits per heavy atom. The first-order valence-corrected chi connectivity index (χ1v) is 11.9. The molecule has 0 radical (unpaired) electrons. The molecular formula is C26H26N6O3. The third-order valence-electron chi connectivity index (χ3n) is 6.36. The Morgan fingerprint density at radius 1 is 1.11 bits per heavy atom. The van der Waals surface area contributed by atoms with Crippen LogP contribution in [0.4, 0.5) is 11.6 Å². The van der Waals surface area contributed by atoms with Gasteiger partial charge in [0.1, 0.15) is 16.7 Å². The van der Waals surface area contributed by atoms with Crippen LogP contribution in [0.2, 0.25) is 0 Å². The van der Waals surface area contributed by atoms with Gasteiger partial charge >= 0.3 is 0 Å². The topological polar surface area (TPSA) is 107 Å². The van der Waals surface area contributed by atoms with E-state index in [-0.39, 0.29) is 5.56 Å². The van der Waals surface area contributed by atoms with Gasteiger partial charge in [0.05, 0.1) is 18.3 Å². The second kappa shape index (κ2) is 8.35. The SMILES string of the molecule is C[C@]1(O)CC/C=C\Cn2c(=O)c3cnc(Nc4ccc(OC5CC5)cc4)nc3n2-c2cccc1n2. The smallest absolute Gasteiger partial charge is 0.278 e. The summed E-state index contributed by atoms with van der Waals surface area (Å²) in [5.74, 6) is 1.71. The maximum absolute atomic E-state index is 13.3. The summed E-state index contributed by atoms with van der Waals surface area (Å²) < 4.78 is 9.10. The molecule has 4 aromatic rings. The molecule has 9 nitrogen and oxygen atoms in total. The van der Waals surface area contributed by atoms with Crippen LogP contribution in [0, 0.1) is 0 Å². The number of aromatic nitrogens is 5. The summed E-state index contributed by atoms with van der Waals surface area (Å²) >= 11 is 0. The number of ether oxygens (including phenoxy) is 1. The van der Waals surface area contributed by atoms with Crippen molar-refractivity contribution in [3.8, 4) is 11.6 Å². The van der Waals surface area contributed by atoms with Crippen LogP contribution >= 0.6 is 0 Å². The van der Waals surface area contributed by atoms with Crippen LogP contribution in [-0.2, 0) is 12.1 Å². The highest BCUT2D eigenvalue weighted by Gasteiger charge is 2.26. The van der Waals surface area contributed by atoms with Gasteiger partial charge in [0, 0.05) is 11.9 Å². The van der Waals surface area contributed by atoms with Crippen LogP contribution < -0.4 is 15.6 Å². The molecule has 178 valence electrons. The fourth-order valence-electron chi connectivity index (χ4n) is 4.24. The van der Waals surface area contributed by atoms with Gasteiger partial charge in [0.25, 0.3) is 5.56 Å². The second-order valence-corrected chi connectivity index (χ2v) is 9.26. The lowest BCUT2D eigenvalue weighted by molar-refractivity contribution is 0.0443. The number of nitrogens with one attached hydrogen (secondary N) is 1. The van der Waals surface area contributed by atoms with Gasteiger partial charge in [-0.3, -0.25) is 4.79 Å². The van der Waals surface area contributed by atoms with Gasteiger partial charge in [-0.1, -0.05) is 18.2 Å². The fourth-order valence-corrected chi connectivity index (χ4v) is 4.24. The van der Waals surface area contributed by atoms with Gasteiger partial charge in [-0.2, -0.15) is 4.98 Å². The third-order valence-corrected chi connectivity index (χ3v) is 6.36. The normalized spacial score (nSPS) is 20.6. The number of allylic oxidation sites excluding steroid dienone is 2. The van der Waals surface area contributed by atoms with Crippen LogP contribution in [-0.4, -0.2) is 35.5 Å². The van der Waals surface area contributed by atoms with Crippen molar-refractivity contribution in [2.75, 3.05) is 5.32 Å². The van der Waals surface area contributed by atoms with Crippen molar-refractivity contribution in [2.24, 2.45) is 0 Å². The van der Waals surface area contributed by atoms with Crippen molar-refractivity contribution in [2.45, 2.75) is 50.9 Å². The number of hydrogen-bond acceptors (Lipinski definition) is 7. The van der Waals surface area contributed by atoms with E-state index in [9.17, 15) is 9.90 Å². The average Bonchev–Trinajstić information content (AvgIpc) is 3.63. The minimum atomic E-state index is -1.09. The van der Waals surface area contributed by atoms with Crippen LogP contribution in [0.1, 0.15) is 38.3 Å². The van der Waals surface area contributed by atoms with Crippen LogP contribution in [0.25, 0.3) is 16.9 Å². The molecule has 1 fully saturated rings. The number of aliphatic hydroxyl groups is 1. The summed E-state index contributed by atoms with van der Waals surface area (Å²) in [6.45, 7) is 2.12. The quantitative estimate of drug-likeness (QED) is 0.437. The molecule has 35 heavy (non-hydrogen) atoms. The summed E-state index contributed by atoms with van der Waals surface area (Å²) in [6.07, 6.45) is 9.22. The molecule has 3 aromatic heterocycles. The Hall–Kier alpha value is -3.98. The molecule has 4 heterocycles. The zero-order chi connectivity index (χ0) is 24.0. The standard InChI is InChI=1S/C26H26N6O3/c1-26(34)14-3-2-4-15-31-24(33)20-16-27-25(28-17-8-10-18(11-9-17)35-19-12-13-19)30-23(20)32(31)22-7-5-6-21(26)29-22/h2,4-11,16,19,34H,3,12-15H2,1H3,(H,27,28,30)/b4-2-/t26-/m0/s1. The Balaban J connectivity index is 1.42. The van der Waals surface area contributed by atoms with E-state index in [4.69, 9.17) is 9.72 Å². The van der Waals surface area contributed by atoms with E-state index < -0.39 is 5.60 Å². The van der Waals surface area contributed by atoms with Gasteiger partial charge in [0.2, 0.25) is 5.95 Å². The van der Waals surface area contributed by atoms with Gasteiger partial charge < -0.3 is 15.2 Å². The molecule has 0 unspecified atom stereocenters. The first-order chi connectivity index (χ1) is 17.0. The van der Waals surface area contributed by atoms with E-state index in [1.165, 1.54) is 0 Å². The van der Waals surface area contributed by atoms with Crippen molar-refractivity contribution in [3.05, 3.63) is 76.9 Å². The van der Waals surface area contributed by atoms with Crippen molar-refractivity contribution < 1.29 is 9.84 Å². The molecule has 2 bridgehead atoms. The summed E-state index contributed by atoms with van der Waals surface area (Å²) in [6, 6.07) is 13.1. The number of nitrogens with zero attached hydrogens (tertiary/aromatic N) is 5. The summed E-state index contributed by atoms with van der Waals surface area (Å²) in [4.78, 5) is 27.0. The maximum Gasteiger partial charge on any atom is 0.278 e. The van der Waals surface area contributed by atoms with E-state index in [1.807, 2.05) is 48.6 Å². The number of rotatable bonds is 4. The molecule has 1 aliphatic carbocycles. The molecule has 0 saturated heterocycles. The van der Waals surface area contributed by atoms with Gasteiger partial charge in [0.15, 0.2) is 11.5 Å². The third kappa shape index (κ3) is 4.19. The molecule has 1 atom stereocenters. The lowest BCUT2D eigenvalue weighted by Gasteiger charge is -2.22. The largest absolute Gasteiger partial charge is 0.490 e. The number of fused-ring (bicyclic) bond motifs is 6. The molecule has 1 aliphatic heterocycles. The van der Waals surface area contributed by atoms with E-state index in [0.717, 1.165) is 24.3 Å². The molecule has 2 N–H and O–H groups in total. The predicted octanol–water partition coefficient (Wildman–Crippen LogP) is 3.82. The van der Waals surface area contributed by atoms with E-state index in [1.54, 1.807) is 28.6 Å². The Bertz CT molecular complexity index is 1480. The van der Waals surface area contributed by atoms with Gasteiger partial charge in [-0.05, 0) is 69.0 Å². The summed E-state index contributed by atoms with van der Waals surface area (Å²) in [5.41, 5.74) is 0.516. The van der Waals surface area contributed by atoms with Crippen molar-refractivity contribution in [1.82, 2.24) is 24.3 Å². The minimum Gasteiger partial charge on any atom is -0.490 e. The van der Waals surface area contributed by atoms with Gasteiger partial charge in [-0.15, -0.1) is 0 Å². The monoisotopic (exact) mass is 470 g/mol. The zero-order valence-electron chi connectivity index (χ0n) is 19.4. The lowest BCUT2D eigenvalue weighted by atomic mass is 9.95. The number of benzene rings is 1. The molecule has 6 rings (SSSR count). The van der Waals surface area contributed by atoms with Crippen molar-refractivity contribution in [1.29, 1.82) is 0 Å². The Labute approximate surface area is 201 Å². The Morgan fingerprint density at radius 2 is 1.94 bits per heavy atom. The molecule has 0 spiro atoms. The van der Waals surface area contributed by atoms with E-state index >= 15 is 0 Å². The molecule has 9 heteroatoms. The van der Waals surface area contributed by atoms with Crippen molar-refractivity contribution >= 4 is 22.7 Å². The second-order valence-electron chi connectivity index (χ2n) is 9.26. The van der Waals surface area contributed by atoms with E-state index in [2.05, 4.69) is 15.3 Å². The molecule has 1 saturated carbocycles. The highest BCUT2D eigenvalue weighted by molar-refractivity contribution is 5.77. The first-order valence-electron chi connectivity index (χ1n) is 11.9. The highest BCUT2D eigenvalue weighted by Crippen LogP contribution is 2.29. The van der Waals surface area contributed by atoms with Crippen molar-refractivity contribution in [3.63, 3.8) is 0 Å². The molecule has 1 aromatic carbocycles. The van der Waals surface area contributed by atoms with Crippen LogP contribution in [0.5, 0.6) is 5.75 Å². The average molecular weight is 471 g/mol. The molecule has 0 amide bonds. The summed E-state index contributed by atoms with van der Waals surface area (Å²) in [5, 5.41) is 14.6. The highest BCUT2D eigenvalue weighted by atomic mass is 16.5. The first kappa shape index (κ1) is 21.5. The number of anilines is 2. The fraction of sp³-hybridized carbons (Fsp3) is 0.308. The lowest BCUT2D eigenvalue weighted by Crippen LogP contribution is -2.24. The number of hydrogen-bond donors (Lipinski definition) is 2. The molecular weight excluding hydrogens is 444 g/mol. The van der Waals surface area contributed by atoms with Gasteiger partial charge in [-0.25, -0.2) is 19.3 Å². The Kier molecular flexibility index (Phi) is 5.14. The maximum atomic E-state index is 13.3. The number of pyridine rings is 1. The summed E-state index contributed by atoms with van der Waals surface area (Å²) in [7, 11) is 0. The predicted molar refractivity (Wildman–Crippen MR) is 132 cm³/mol. The van der Waals surface area contributed by atoms with Crippen LogP contribution in [0.15, 0.2) is 65.6 Å². The van der Waals surface area contributed by atoms with E-state index in [0.29, 0.717) is 54.0 Å².